The minimum absolute atomic E-state index is 0.0394. The molecule has 11 heteroatoms. The second kappa shape index (κ2) is 9.59. The van der Waals surface area contributed by atoms with Gasteiger partial charge < -0.3 is 10.5 Å². The Morgan fingerprint density at radius 1 is 0.971 bits per heavy atom. The van der Waals surface area contributed by atoms with Crippen LogP contribution < -0.4 is 22.5 Å². The zero-order chi connectivity index (χ0) is 25.1. The highest BCUT2D eigenvalue weighted by atomic mass is 16.5. The molecule has 0 spiro atoms. The number of fused-ring (bicyclic) bond motifs is 1. The number of ether oxygens (including phenoxy) is 1. The molecule has 2 heterocycles. The van der Waals surface area contributed by atoms with E-state index in [4.69, 9.17) is 10.5 Å². The van der Waals surface area contributed by atoms with Gasteiger partial charge in [0.1, 0.15) is 17.9 Å². The van der Waals surface area contributed by atoms with E-state index in [1.807, 2.05) is 6.07 Å². The first-order valence-corrected chi connectivity index (χ1v) is 10.5. The first-order valence-electron chi connectivity index (χ1n) is 10.5. The van der Waals surface area contributed by atoms with Gasteiger partial charge in [-0.1, -0.05) is 42.5 Å². The predicted molar refractivity (Wildman–Crippen MR) is 127 cm³/mol. The van der Waals surface area contributed by atoms with E-state index in [0.29, 0.717) is 11.0 Å². The lowest BCUT2D eigenvalue weighted by Gasteiger charge is -2.15. The number of hydrogen-bond donors (Lipinski definition) is 1. The lowest BCUT2D eigenvalue weighted by molar-refractivity contribution is -0.143. The second-order valence-electron chi connectivity index (χ2n) is 7.73. The zero-order valence-electron chi connectivity index (χ0n) is 18.7. The number of nitrogens with zero attached hydrogens (tertiary/aromatic N) is 4. The van der Waals surface area contributed by atoms with Crippen molar-refractivity contribution in [2.45, 2.75) is 13.1 Å². The molecule has 0 radical (unpaired) electrons. The highest BCUT2D eigenvalue weighted by Crippen LogP contribution is 2.11. The van der Waals surface area contributed by atoms with Crippen molar-refractivity contribution in [2.75, 3.05) is 12.3 Å². The maximum atomic E-state index is 12.8. The van der Waals surface area contributed by atoms with Crippen LogP contribution >= 0.6 is 0 Å². The Balaban J connectivity index is 1.56. The van der Waals surface area contributed by atoms with Crippen molar-refractivity contribution in [3.05, 3.63) is 103 Å². The molecule has 2 aromatic carbocycles. The van der Waals surface area contributed by atoms with Gasteiger partial charge in [-0.2, -0.15) is 0 Å². The third-order valence-corrected chi connectivity index (χ3v) is 5.45. The molecule has 0 aliphatic heterocycles. The molecule has 2 N–H and O–H groups in total. The van der Waals surface area contributed by atoms with Gasteiger partial charge in [-0.25, -0.2) is 9.78 Å². The Labute approximate surface area is 197 Å². The summed E-state index contributed by atoms with van der Waals surface area (Å²) < 4.78 is 8.09. The van der Waals surface area contributed by atoms with Crippen LogP contribution in [0.3, 0.4) is 0 Å². The van der Waals surface area contributed by atoms with Crippen LogP contribution in [0.2, 0.25) is 0 Å². The molecule has 11 nitrogen and oxygen atoms in total. The van der Waals surface area contributed by atoms with Gasteiger partial charge in [-0.05, 0) is 17.7 Å². The fourth-order valence-corrected chi connectivity index (χ4v) is 3.63. The molecule has 0 fully saturated rings. The standard InChI is InChI=1S/C24H21N5O6/c1-27-23(33)21(22(25)29(24(27)34)12-15-7-3-2-4-8-15)18(30)14-35-20(32)13-28-17-10-6-5-9-16(17)26-11-19(28)31/h2-11H,12-14,25H2,1H3. The van der Waals surface area contributed by atoms with Crippen molar-refractivity contribution in [3.63, 3.8) is 0 Å². The summed E-state index contributed by atoms with van der Waals surface area (Å²) in [6.07, 6.45) is 1.08. The quantitative estimate of drug-likeness (QED) is 0.297. The molecular weight excluding hydrogens is 454 g/mol. The van der Waals surface area contributed by atoms with E-state index in [-0.39, 0.29) is 12.4 Å². The molecule has 0 saturated carbocycles. The maximum absolute atomic E-state index is 12.8. The molecule has 0 saturated heterocycles. The summed E-state index contributed by atoms with van der Waals surface area (Å²) in [6.45, 7) is -1.21. The lowest BCUT2D eigenvalue weighted by Crippen LogP contribution is -2.43. The first kappa shape index (κ1) is 23.4. The molecule has 2 aromatic heterocycles. The highest BCUT2D eigenvalue weighted by Gasteiger charge is 2.23. The SMILES string of the molecule is Cn1c(=O)c(C(=O)COC(=O)Cn2c(=O)cnc3ccccc32)c(N)n(Cc2ccccc2)c1=O. The van der Waals surface area contributed by atoms with E-state index in [9.17, 15) is 24.0 Å². The number of ketones is 1. The van der Waals surface area contributed by atoms with Gasteiger partial charge in [0.15, 0.2) is 6.61 Å². The molecule has 0 amide bonds. The monoisotopic (exact) mass is 475 g/mol. The van der Waals surface area contributed by atoms with Crippen molar-refractivity contribution in [2.24, 2.45) is 7.05 Å². The number of hydrogen-bond acceptors (Lipinski definition) is 8. The Bertz CT molecular complexity index is 1620. The number of anilines is 1. The molecule has 178 valence electrons. The van der Waals surface area contributed by atoms with Crippen molar-refractivity contribution in [3.8, 4) is 0 Å². The second-order valence-corrected chi connectivity index (χ2v) is 7.73. The van der Waals surface area contributed by atoms with Gasteiger partial charge in [0.2, 0.25) is 5.78 Å². The summed E-state index contributed by atoms with van der Waals surface area (Å²) in [4.78, 5) is 66.7. The molecule has 0 aliphatic carbocycles. The van der Waals surface area contributed by atoms with Crippen LogP contribution in [0.4, 0.5) is 5.82 Å². The zero-order valence-corrected chi connectivity index (χ0v) is 18.7. The largest absolute Gasteiger partial charge is 0.456 e. The molecule has 4 rings (SSSR count). The summed E-state index contributed by atoms with van der Waals surface area (Å²) in [5.41, 5.74) is 5.17. The summed E-state index contributed by atoms with van der Waals surface area (Å²) in [7, 11) is 1.23. The van der Waals surface area contributed by atoms with Gasteiger partial charge in [-0.3, -0.25) is 32.9 Å². The molecule has 35 heavy (non-hydrogen) atoms. The Hall–Kier alpha value is -4.80. The molecule has 0 atom stereocenters. The first-order chi connectivity index (χ1) is 16.8. The van der Waals surface area contributed by atoms with Crippen molar-refractivity contribution >= 4 is 28.6 Å². The minimum atomic E-state index is -0.894. The summed E-state index contributed by atoms with van der Waals surface area (Å²) in [5, 5.41) is 0. The third-order valence-electron chi connectivity index (χ3n) is 5.45. The average molecular weight is 475 g/mol. The van der Waals surface area contributed by atoms with Crippen molar-refractivity contribution in [1.29, 1.82) is 0 Å². The van der Waals surface area contributed by atoms with E-state index in [2.05, 4.69) is 4.98 Å². The Morgan fingerprint density at radius 3 is 2.40 bits per heavy atom. The number of carbonyl (C=O) groups excluding carboxylic acids is 2. The Kier molecular flexibility index (Phi) is 6.40. The van der Waals surface area contributed by atoms with Gasteiger partial charge in [0, 0.05) is 7.05 Å². The number of carbonyl (C=O) groups is 2. The average Bonchev–Trinajstić information content (AvgIpc) is 2.86. The molecule has 0 aliphatic rings. The molecule has 0 unspecified atom stereocenters. The fraction of sp³-hybridized carbons (Fsp3) is 0.167. The van der Waals surface area contributed by atoms with Gasteiger partial charge in [-0.15, -0.1) is 0 Å². The van der Waals surface area contributed by atoms with Crippen LogP contribution in [0.5, 0.6) is 0 Å². The fourth-order valence-electron chi connectivity index (χ4n) is 3.63. The maximum Gasteiger partial charge on any atom is 0.332 e. The third kappa shape index (κ3) is 4.64. The normalized spacial score (nSPS) is 10.9. The molecule has 0 bridgehead atoms. The van der Waals surface area contributed by atoms with E-state index >= 15 is 0 Å². The number of nitrogen functional groups attached to an aromatic ring is 1. The van der Waals surface area contributed by atoms with E-state index < -0.39 is 47.3 Å². The van der Waals surface area contributed by atoms with Crippen molar-refractivity contribution < 1.29 is 14.3 Å². The van der Waals surface area contributed by atoms with Crippen LogP contribution in [0.1, 0.15) is 15.9 Å². The van der Waals surface area contributed by atoms with Crippen LogP contribution in [-0.4, -0.2) is 37.0 Å². The lowest BCUT2D eigenvalue weighted by atomic mass is 10.2. The topological polar surface area (TPSA) is 148 Å². The van der Waals surface area contributed by atoms with Crippen LogP contribution in [0, 0.1) is 0 Å². The predicted octanol–water partition coefficient (Wildman–Crippen LogP) is 0.314. The number of para-hydroxylation sites is 2. The number of Topliss-reactive ketones (excluding diaryl/α,β-unsaturated/α-hetero) is 1. The summed E-state index contributed by atoms with van der Waals surface area (Å²) in [5.74, 6) is -2.06. The number of benzene rings is 2. The number of nitrogens with two attached hydrogens (primary N) is 1. The summed E-state index contributed by atoms with van der Waals surface area (Å²) in [6, 6.07) is 15.6. The van der Waals surface area contributed by atoms with Crippen molar-refractivity contribution in [1.82, 2.24) is 18.7 Å². The molecular formula is C24H21N5O6. The van der Waals surface area contributed by atoms with Crippen LogP contribution in [-0.2, 0) is 29.7 Å². The Morgan fingerprint density at radius 2 is 1.66 bits per heavy atom. The van der Waals surface area contributed by atoms with Gasteiger partial charge in [0.05, 0.1) is 23.8 Å². The van der Waals surface area contributed by atoms with Crippen LogP contribution in [0.25, 0.3) is 11.0 Å². The van der Waals surface area contributed by atoms with E-state index in [1.54, 1.807) is 48.5 Å². The molecule has 4 aromatic rings. The highest BCUT2D eigenvalue weighted by molar-refractivity contribution is 6.01. The van der Waals surface area contributed by atoms with Crippen LogP contribution in [0.15, 0.2) is 75.2 Å². The minimum Gasteiger partial charge on any atom is -0.456 e. The summed E-state index contributed by atoms with van der Waals surface area (Å²) >= 11 is 0. The number of aromatic nitrogens is 4. The number of rotatable bonds is 7. The smallest absolute Gasteiger partial charge is 0.332 e. The van der Waals surface area contributed by atoms with Gasteiger partial charge in [0.25, 0.3) is 11.1 Å². The van der Waals surface area contributed by atoms with E-state index in [1.165, 1.54) is 11.6 Å². The van der Waals surface area contributed by atoms with Gasteiger partial charge >= 0.3 is 11.7 Å². The number of esters is 1. The van der Waals surface area contributed by atoms with E-state index in [0.717, 1.165) is 20.9 Å².